The second kappa shape index (κ2) is 2.12. The van der Waals surface area contributed by atoms with Gasteiger partial charge in [-0.3, -0.25) is 0 Å². The first-order valence-electron chi connectivity index (χ1n) is 3.16. The van der Waals surface area contributed by atoms with Gasteiger partial charge in [0.05, 0.1) is 12.7 Å². The molecule has 1 aliphatic carbocycles. The third kappa shape index (κ3) is 1.00. The van der Waals surface area contributed by atoms with Crippen LogP contribution in [-0.4, -0.2) is 22.9 Å². The van der Waals surface area contributed by atoms with Gasteiger partial charge in [0, 0.05) is 5.41 Å². The van der Waals surface area contributed by atoms with E-state index in [2.05, 4.69) is 0 Å². The summed E-state index contributed by atoms with van der Waals surface area (Å²) in [7, 11) is 0. The van der Waals surface area contributed by atoms with E-state index in [0.717, 1.165) is 0 Å². The predicted octanol–water partition coefficient (Wildman–Crippen LogP) is 0.306. The van der Waals surface area contributed by atoms with Crippen LogP contribution >= 0.6 is 0 Å². The van der Waals surface area contributed by atoms with E-state index < -0.39 is 0 Å². The lowest BCUT2D eigenvalue weighted by Crippen LogP contribution is -2.29. The Kier molecular flexibility index (Phi) is 1.60. The van der Waals surface area contributed by atoms with Crippen molar-refractivity contribution in [3.63, 3.8) is 0 Å². The van der Waals surface area contributed by atoms with Gasteiger partial charge in [-0.05, 0) is 6.42 Å². The van der Waals surface area contributed by atoms with Gasteiger partial charge in [0.25, 0.3) is 0 Å². The van der Waals surface area contributed by atoms with E-state index in [1.54, 1.807) is 0 Å². The Morgan fingerprint density at radius 2 is 2.44 bits per heavy atom. The van der Waals surface area contributed by atoms with Gasteiger partial charge in [0.2, 0.25) is 0 Å². The van der Waals surface area contributed by atoms with Crippen molar-refractivity contribution in [3.8, 4) is 0 Å². The molecule has 0 aromatic carbocycles. The molecule has 2 heteroatoms. The first-order chi connectivity index (χ1) is 4.19. The first kappa shape index (κ1) is 6.78. The van der Waals surface area contributed by atoms with Crippen LogP contribution in [0.15, 0.2) is 12.2 Å². The molecule has 1 rings (SSSR count). The van der Waals surface area contributed by atoms with Crippen LogP contribution in [0, 0.1) is 5.41 Å². The fourth-order valence-corrected chi connectivity index (χ4v) is 1.00. The van der Waals surface area contributed by atoms with E-state index in [1.165, 1.54) is 0 Å². The molecule has 0 aromatic rings. The van der Waals surface area contributed by atoms with Gasteiger partial charge >= 0.3 is 0 Å². The van der Waals surface area contributed by atoms with Gasteiger partial charge < -0.3 is 10.2 Å². The van der Waals surface area contributed by atoms with Crippen LogP contribution < -0.4 is 0 Å². The van der Waals surface area contributed by atoms with Crippen molar-refractivity contribution in [1.82, 2.24) is 0 Å². The van der Waals surface area contributed by atoms with E-state index in [9.17, 15) is 5.11 Å². The highest BCUT2D eigenvalue weighted by atomic mass is 16.3. The van der Waals surface area contributed by atoms with Gasteiger partial charge in [-0.1, -0.05) is 19.1 Å². The lowest BCUT2D eigenvalue weighted by Gasteiger charge is -2.23. The highest BCUT2D eigenvalue weighted by Gasteiger charge is 2.32. The third-order valence-electron chi connectivity index (χ3n) is 1.96. The van der Waals surface area contributed by atoms with Gasteiger partial charge in [0.1, 0.15) is 0 Å². The molecule has 0 saturated carbocycles. The minimum Gasteiger partial charge on any atom is -0.395 e. The number of aliphatic hydroxyl groups is 2. The molecule has 0 fully saturated rings. The number of aliphatic hydroxyl groups excluding tert-OH is 2. The Morgan fingerprint density at radius 1 is 1.78 bits per heavy atom. The maximum Gasteiger partial charge on any atom is 0.0684 e. The fourth-order valence-electron chi connectivity index (χ4n) is 1.00. The quantitative estimate of drug-likeness (QED) is 0.499. The Bertz CT molecular complexity index is 131. The molecule has 0 aromatic heterocycles. The monoisotopic (exact) mass is 128 g/mol. The Labute approximate surface area is 54.8 Å². The molecule has 0 saturated heterocycles. The molecule has 2 N–H and O–H groups in total. The highest BCUT2D eigenvalue weighted by molar-refractivity contribution is 5.09. The zero-order valence-electron chi connectivity index (χ0n) is 5.54. The summed E-state index contributed by atoms with van der Waals surface area (Å²) in [5.74, 6) is 0. The van der Waals surface area contributed by atoms with Crippen LogP contribution in [0.2, 0.25) is 0 Å². The molecular formula is C7H12O2. The second-order valence-corrected chi connectivity index (χ2v) is 2.82. The maximum absolute atomic E-state index is 9.23. The molecule has 0 spiro atoms. The van der Waals surface area contributed by atoms with Crippen molar-refractivity contribution in [3.05, 3.63) is 12.2 Å². The molecule has 2 unspecified atom stereocenters. The highest BCUT2D eigenvalue weighted by Crippen LogP contribution is 2.30. The van der Waals surface area contributed by atoms with Crippen molar-refractivity contribution in [1.29, 1.82) is 0 Å². The topological polar surface area (TPSA) is 40.5 Å². The smallest absolute Gasteiger partial charge is 0.0684 e. The summed E-state index contributed by atoms with van der Waals surface area (Å²) in [6.45, 7) is 1.88. The Morgan fingerprint density at radius 3 is 2.67 bits per heavy atom. The fraction of sp³-hybridized carbons (Fsp3) is 0.714. The van der Waals surface area contributed by atoms with Crippen LogP contribution in [0.3, 0.4) is 0 Å². The molecule has 52 valence electrons. The van der Waals surface area contributed by atoms with Crippen molar-refractivity contribution < 1.29 is 10.2 Å². The summed E-state index contributed by atoms with van der Waals surface area (Å²) in [6.07, 6.45) is 4.07. The summed E-state index contributed by atoms with van der Waals surface area (Å²) < 4.78 is 0. The summed E-state index contributed by atoms with van der Waals surface area (Å²) in [5.41, 5.74) is -0.375. The van der Waals surface area contributed by atoms with Gasteiger partial charge in [-0.25, -0.2) is 0 Å². The van der Waals surface area contributed by atoms with E-state index in [1.807, 2.05) is 19.1 Å². The molecular weight excluding hydrogens is 116 g/mol. The average Bonchev–Trinajstić information content (AvgIpc) is 2.15. The van der Waals surface area contributed by atoms with Crippen LogP contribution in [-0.2, 0) is 0 Å². The Hall–Kier alpha value is -0.340. The molecule has 1 aliphatic rings. The van der Waals surface area contributed by atoms with E-state index >= 15 is 0 Å². The molecule has 0 heterocycles. The zero-order valence-corrected chi connectivity index (χ0v) is 5.54. The predicted molar refractivity (Wildman–Crippen MR) is 35.0 cm³/mol. The number of rotatable bonds is 1. The van der Waals surface area contributed by atoms with Gasteiger partial charge in [-0.2, -0.15) is 0 Å². The molecule has 9 heavy (non-hydrogen) atoms. The normalized spacial score (nSPS) is 41.9. The van der Waals surface area contributed by atoms with E-state index in [-0.39, 0.29) is 18.1 Å². The van der Waals surface area contributed by atoms with Crippen LogP contribution in [0.1, 0.15) is 13.3 Å². The second-order valence-electron chi connectivity index (χ2n) is 2.82. The van der Waals surface area contributed by atoms with Gasteiger partial charge in [-0.15, -0.1) is 0 Å². The maximum atomic E-state index is 9.23. The van der Waals surface area contributed by atoms with Gasteiger partial charge in [0.15, 0.2) is 0 Å². The zero-order chi connectivity index (χ0) is 6.91. The summed E-state index contributed by atoms with van der Waals surface area (Å²) >= 11 is 0. The van der Waals surface area contributed by atoms with Crippen LogP contribution in [0.25, 0.3) is 0 Å². The van der Waals surface area contributed by atoms with E-state index in [0.29, 0.717) is 6.42 Å². The average molecular weight is 128 g/mol. The minimum atomic E-state index is -0.387. The first-order valence-corrected chi connectivity index (χ1v) is 3.16. The van der Waals surface area contributed by atoms with E-state index in [4.69, 9.17) is 5.11 Å². The van der Waals surface area contributed by atoms with Crippen molar-refractivity contribution in [2.75, 3.05) is 6.61 Å². The third-order valence-corrected chi connectivity index (χ3v) is 1.96. The molecule has 0 aliphatic heterocycles. The largest absolute Gasteiger partial charge is 0.395 e. The lowest BCUT2D eigenvalue weighted by molar-refractivity contribution is 0.0406. The molecule has 0 bridgehead atoms. The SMILES string of the molecule is CC1(CO)C=CCC1O. The Balaban J connectivity index is 2.66. The van der Waals surface area contributed by atoms with Crippen molar-refractivity contribution >= 4 is 0 Å². The van der Waals surface area contributed by atoms with Crippen molar-refractivity contribution in [2.24, 2.45) is 5.41 Å². The minimum absolute atomic E-state index is 0.0324. The van der Waals surface area contributed by atoms with Crippen LogP contribution in [0.5, 0.6) is 0 Å². The number of hydrogen-bond donors (Lipinski definition) is 2. The summed E-state index contributed by atoms with van der Waals surface area (Å²) in [6, 6.07) is 0. The number of hydrogen-bond acceptors (Lipinski definition) is 2. The molecule has 0 radical (unpaired) electrons. The molecule has 2 nitrogen and oxygen atoms in total. The molecule has 0 amide bonds. The van der Waals surface area contributed by atoms with Crippen LogP contribution in [0.4, 0.5) is 0 Å². The molecule has 2 atom stereocenters. The van der Waals surface area contributed by atoms with Crippen molar-refractivity contribution in [2.45, 2.75) is 19.4 Å². The summed E-state index contributed by atoms with van der Waals surface area (Å²) in [4.78, 5) is 0. The summed E-state index contributed by atoms with van der Waals surface area (Å²) in [5, 5.41) is 18.0. The lowest BCUT2D eigenvalue weighted by atomic mass is 9.89. The standard InChI is InChI=1S/C7H12O2/c1-7(5-8)4-2-3-6(7)9/h2,4,6,8-9H,3,5H2,1H3.